The van der Waals surface area contributed by atoms with Crippen LogP contribution < -0.4 is 0 Å². The first kappa shape index (κ1) is 46.0. The molecule has 0 aliphatic carbocycles. The van der Waals surface area contributed by atoms with Gasteiger partial charge in [0.15, 0.2) is 12.1 Å². The SMILES string of the molecule is CC/C=C/C/C=C/CCC(=O)OCC(COCCC(C(=O)O)[N+](C)(C)C)OC(=O)CCCCCCC/C=C/C=C/C=C/CCCCCCC. The summed E-state index contributed by atoms with van der Waals surface area (Å²) in [7, 11) is 5.48. The second-order valence-electron chi connectivity index (χ2n) is 13.5. The van der Waals surface area contributed by atoms with Gasteiger partial charge in [-0.2, -0.15) is 0 Å². The van der Waals surface area contributed by atoms with Crippen molar-refractivity contribution < 1.29 is 38.2 Å². The molecule has 0 saturated carbocycles. The molecule has 0 fully saturated rings. The lowest BCUT2D eigenvalue weighted by atomic mass is 10.1. The predicted octanol–water partition coefficient (Wildman–Crippen LogP) is 9.46. The highest BCUT2D eigenvalue weighted by atomic mass is 16.6. The molecule has 2 unspecified atom stereocenters. The minimum Gasteiger partial charge on any atom is -0.477 e. The summed E-state index contributed by atoms with van der Waals surface area (Å²) in [6.07, 6.45) is 37.3. The molecule has 8 heteroatoms. The molecule has 0 aliphatic heterocycles. The standard InChI is InChI=1S/C41H69NO7/c1-6-8-10-12-14-15-16-17-18-19-20-21-22-23-24-26-28-30-32-40(44)49-37(35-47-34-33-38(41(45)46)42(3,4)5)36-48-39(43)31-29-27-25-13-11-9-7-2/h9,11,16-21,25,27,37-38H,6-8,10,12-15,22-24,26,28-36H2,1-5H3/p+1/b11-9+,17-16+,19-18+,21-20+,27-25+. The second kappa shape index (κ2) is 32.2. The summed E-state index contributed by atoms with van der Waals surface area (Å²) < 4.78 is 17.0. The molecule has 8 nitrogen and oxygen atoms in total. The number of unbranched alkanes of at least 4 members (excludes halogenated alkanes) is 10. The van der Waals surface area contributed by atoms with Gasteiger partial charge in [-0.25, -0.2) is 4.79 Å². The van der Waals surface area contributed by atoms with Gasteiger partial charge in [-0.3, -0.25) is 9.59 Å². The molecule has 0 radical (unpaired) electrons. The summed E-state index contributed by atoms with van der Waals surface area (Å²) in [5, 5.41) is 9.56. The van der Waals surface area contributed by atoms with Crippen molar-refractivity contribution in [2.75, 3.05) is 41.0 Å². The number of carboxylic acid groups (broad SMARTS) is 1. The molecule has 280 valence electrons. The summed E-state index contributed by atoms with van der Waals surface area (Å²) in [5.74, 6) is -1.60. The van der Waals surface area contributed by atoms with Crippen LogP contribution in [0.5, 0.6) is 0 Å². The average molecular weight is 689 g/mol. The third-order valence-electron chi connectivity index (χ3n) is 7.98. The largest absolute Gasteiger partial charge is 0.477 e. The molecule has 0 amide bonds. The van der Waals surface area contributed by atoms with Crippen LogP contribution >= 0.6 is 0 Å². The Morgan fingerprint density at radius 1 is 0.653 bits per heavy atom. The summed E-state index contributed by atoms with van der Waals surface area (Å²) in [6.45, 7) is 4.45. The molecule has 0 heterocycles. The number of aliphatic carboxylic acids is 1. The Labute approximate surface area is 298 Å². The highest BCUT2D eigenvalue weighted by molar-refractivity contribution is 5.72. The van der Waals surface area contributed by atoms with E-state index in [1.807, 2.05) is 33.3 Å². The first-order valence-electron chi connectivity index (χ1n) is 18.9. The van der Waals surface area contributed by atoms with Gasteiger partial charge in [0, 0.05) is 19.3 Å². The Hall–Kier alpha value is -2.97. The van der Waals surface area contributed by atoms with E-state index in [9.17, 15) is 19.5 Å². The number of likely N-dealkylation sites (N-methyl/N-ethyl adjacent to an activating group) is 1. The number of carbonyl (C=O) groups excluding carboxylic acids is 2. The van der Waals surface area contributed by atoms with E-state index < -0.39 is 18.1 Å². The topological polar surface area (TPSA) is 99.1 Å². The van der Waals surface area contributed by atoms with E-state index in [0.717, 1.165) is 57.8 Å². The van der Waals surface area contributed by atoms with Crippen LogP contribution in [0.15, 0.2) is 60.8 Å². The molecule has 0 bridgehead atoms. The number of quaternary nitrogens is 1. The quantitative estimate of drug-likeness (QED) is 0.0247. The lowest BCUT2D eigenvalue weighted by Crippen LogP contribution is -2.50. The zero-order chi connectivity index (χ0) is 36.4. The monoisotopic (exact) mass is 689 g/mol. The number of rotatable bonds is 32. The molecule has 1 N–H and O–H groups in total. The maximum atomic E-state index is 12.6. The molecule has 0 aromatic rings. The molecule has 0 aromatic carbocycles. The maximum Gasteiger partial charge on any atom is 0.362 e. The maximum absolute atomic E-state index is 12.6. The Kier molecular flexibility index (Phi) is 30.3. The fourth-order valence-corrected chi connectivity index (χ4v) is 5.03. The molecular formula is C41H70NO7+. The van der Waals surface area contributed by atoms with E-state index in [1.165, 1.54) is 32.1 Å². The van der Waals surface area contributed by atoms with Crippen molar-refractivity contribution in [2.45, 2.75) is 142 Å². The molecule has 0 aliphatic rings. The van der Waals surface area contributed by atoms with E-state index in [0.29, 0.717) is 19.3 Å². The van der Waals surface area contributed by atoms with Crippen LogP contribution in [0, 0.1) is 0 Å². The summed E-state index contributed by atoms with van der Waals surface area (Å²) in [6, 6.07) is -0.626. The lowest BCUT2D eigenvalue weighted by molar-refractivity contribution is -0.887. The molecule has 0 spiro atoms. The third kappa shape index (κ3) is 30.8. The van der Waals surface area contributed by atoms with E-state index in [4.69, 9.17) is 14.2 Å². The Morgan fingerprint density at radius 2 is 1.27 bits per heavy atom. The van der Waals surface area contributed by atoms with Crippen LogP contribution in [-0.2, 0) is 28.6 Å². The number of esters is 2. The number of carboxylic acids is 1. The van der Waals surface area contributed by atoms with Crippen LogP contribution in [-0.4, -0.2) is 80.6 Å². The fourth-order valence-electron chi connectivity index (χ4n) is 5.03. The normalized spacial score (nSPS) is 13.7. The molecular weight excluding hydrogens is 618 g/mol. The second-order valence-corrected chi connectivity index (χ2v) is 13.5. The van der Waals surface area contributed by atoms with Crippen LogP contribution in [0.1, 0.15) is 129 Å². The van der Waals surface area contributed by atoms with Crippen molar-refractivity contribution in [1.29, 1.82) is 0 Å². The van der Waals surface area contributed by atoms with Crippen molar-refractivity contribution in [3.63, 3.8) is 0 Å². The highest BCUT2D eigenvalue weighted by Crippen LogP contribution is 2.12. The van der Waals surface area contributed by atoms with Crippen LogP contribution in [0.4, 0.5) is 0 Å². The van der Waals surface area contributed by atoms with E-state index in [1.54, 1.807) is 0 Å². The summed E-state index contributed by atoms with van der Waals surface area (Å²) in [4.78, 5) is 36.6. The zero-order valence-electron chi connectivity index (χ0n) is 31.6. The summed E-state index contributed by atoms with van der Waals surface area (Å²) >= 11 is 0. The lowest BCUT2D eigenvalue weighted by Gasteiger charge is -2.31. The van der Waals surface area contributed by atoms with Crippen molar-refractivity contribution >= 4 is 17.9 Å². The number of hydrogen-bond acceptors (Lipinski definition) is 6. The van der Waals surface area contributed by atoms with Crippen LogP contribution in [0.3, 0.4) is 0 Å². The Bertz CT molecular complexity index is 990. The minimum atomic E-state index is -0.890. The Balaban J connectivity index is 4.44. The first-order chi connectivity index (χ1) is 23.6. The third-order valence-corrected chi connectivity index (χ3v) is 7.98. The average Bonchev–Trinajstić information content (AvgIpc) is 3.05. The fraction of sp³-hybridized carbons (Fsp3) is 0.683. The number of hydrogen-bond donors (Lipinski definition) is 1. The van der Waals surface area contributed by atoms with E-state index in [2.05, 4.69) is 62.5 Å². The van der Waals surface area contributed by atoms with Crippen LogP contribution in [0.25, 0.3) is 0 Å². The first-order valence-corrected chi connectivity index (χ1v) is 18.9. The van der Waals surface area contributed by atoms with Gasteiger partial charge in [-0.05, 0) is 51.4 Å². The molecule has 49 heavy (non-hydrogen) atoms. The number of nitrogens with zero attached hydrogens (tertiary/aromatic N) is 1. The van der Waals surface area contributed by atoms with Gasteiger partial charge in [0.1, 0.15) is 6.61 Å². The van der Waals surface area contributed by atoms with Gasteiger partial charge in [0.2, 0.25) is 0 Å². The number of ether oxygens (including phenoxy) is 3. The van der Waals surface area contributed by atoms with Crippen LogP contribution in [0.2, 0.25) is 0 Å². The smallest absolute Gasteiger partial charge is 0.362 e. The van der Waals surface area contributed by atoms with Crippen molar-refractivity contribution in [1.82, 2.24) is 0 Å². The van der Waals surface area contributed by atoms with Gasteiger partial charge in [-0.15, -0.1) is 0 Å². The molecule has 0 saturated heterocycles. The van der Waals surface area contributed by atoms with Gasteiger partial charge in [0.25, 0.3) is 0 Å². The van der Waals surface area contributed by atoms with Crippen molar-refractivity contribution in [3.8, 4) is 0 Å². The van der Waals surface area contributed by atoms with Gasteiger partial charge < -0.3 is 23.8 Å². The van der Waals surface area contributed by atoms with Gasteiger partial charge >= 0.3 is 17.9 Å². The number of carbonyl (C=O) groups is 3. The van der Waals surface area contributed by atoms with E-state index >= 15 is 0 Å². The number of allylic oxidation sites excluding steroid dienone is 10. The Morgan fingerprint density at radius 3 is 1.88 bits per heavy atom. The highest BCUT2D eigenvalue weighted by Gasteiger charge is 2.31. The minimum absolute atomic E-state index is 0.0320. The van der Waals surface area contributed by atoms with Crippen molar-refractivity contribution in [3.05, 3.63) is 60.8 Å². The summed E-state index contributed by atoms with van der Waals surface area (Å²) in [5.41, 5.74) is 0. The van der Waals surface area contributed by atoms with E-state index in [-0.39, 0.29) is 42.7 Å². The predicted molar refractivity (Wildman–Crippen MR) is 201 cm³/mol. The van der Waals surface area contributed by atoms with Gasteiger partial charge in [-0.1, -0.05) is 120 Å². The zero-order valence-corrected chi connectivity index (χ0v) is 31.6. The molecule has 2 atom stereocenters. The molecule has 0 aromatic heterocycles. The molecule has 0 rings (SSSR count). The van der Waals surface area contributed by atoms with Crippen molar-refractivity contribution in [2.24, 2.45) is 0 Å². The van der Waals surface area contributed by atoms with Gasteiger partial charge in [0.05, 0.1) is 34.4 Å².